The van der Waals surface area contributed by atoms with E-state index in [0.29, 0.717) is 29.2 Å². The average molecular weight is 354 g/mol. The van der Waals surface area contributed by atoms with E-state index in [0.717, 1.165) is 12.8 Å². The molecule has 2 amide bonds. The predicted molar refractivity (Wildman–Crippen MR) is 99.4 cm³/mol. The summed E-state index contributed by atoms with van der Waals surface area (Å²) in [6, 6.07) is 4.88. The Morgan fingerprint density at radius 1 is 1.25 bits per heavy atom. The molecular formula is C18H28ClN3O2. The summed E-state index contributed by atoms with van der Waals surface area (Å²) in [5.41, 5.74) is 6.66. The molecule has 24 heavy (non-hydrogen) atoms. The number of nitrogens with one attached hydrogen (secondary N) is 2. The third-order valence-electron chi connectivity index (χ3n) is 4.10. The summed E-state index contributed by atoms with van der Waals surface area (Å²) in [5.74, 6) is -0.117. The molecule has 0 aliphatic carbocycles. The van der Waals surface area contributed by atoms with E-state index in [-0.39, 0.29) is 17.7 Å². The monoisotopic (exact) mass is 353 g/mol. The summed E-state index contributed by atoms with van der Waals surface area (Å²) in [4.78, 5) is 24.3. The largest absolute Gasteiger partial charge is 0.350 e. The molecule has 1 aromatic carbocycles. The first-order valence-electron chi connectivity index (χ1n) is 8.37. The van der Waals surface area contributed by atoms with Gasteiger partial charge in [0.05, 0.1) is 10.6 Å². The van der Waals surface area contributed by atoms with Crippen LogP contribution < -0.4 is 16.4 Å². The Balaban J connectivity index is 2.82. The van der Waals surface area contributed by atoms with Gasteiger partial charge in [0.1, 0.15) is 0 Å². The number of hydrogen-bond donors (Lipinski definition) is 3. The maximum Gasteiger partial charge on any atom is 0.252 e. The number of nitrogens with two attached hydrogens (primary N) is 1. The van der Waals surface area contributed by atoms with Crippen LogP contribution >= 0.6 is 11.6 Å². The van der Waals surface area contributed by atoms with Gasteiger partial charge in [-0.15, -0.1) is 0 Å². The van der Waals surface area contributed by atoms with Crippen LogP contribution in [-0.4, -0.2) is 23.9 Å². The maximum atomic E-state index is 12.4. The lowest BCUT2D eigenvalue weighted by Gasteiger charge is -2.26. The zero-order valence-corrected chi connectivity index (χ0v) is 15.7. The van der Waals surface area contributed by atoms with Gasteiger partial charge < -0.3 is 16.4 Å². The lowest BCUT2D eigenvalue weighted by molar-refractivity contribution is -0.116. The number of halogens is 1. The van der Waals surface area contributed by atoms with Crippen molar-refractivity contribution >= 4 is 29.1 Å². The lowest BCUT2D eigenvalue weighted by atomic mass is 9.94. The summed E-state index contributed by atoms with van der Waals surface area (Å²) in [6.07, 6.45) is 1.96. The summed E-state index contributed by atoms with van der Waals surface area (Å²) >= 11 is 6.12. The molecule has 0 aliphatic heterocycles. The van der Waals surface area contributed by atoms with Gasteiger partial charge in [0, 0.05) is 24.2 Å². The smallest absolute Gasteiger partial charge is 0.252 e. The van der Waals surface area contributed by atoms with Crippen molar-refractivity contribution in [3.8, 4) is 0 Å². The van der Waals surface area contributed by atoms with E-state index in [1.165, 1.54) is 0 Å². The molecule has 0 radical (unpaired) electrons. The number of rotatable bonds is 8. The first-order chi connectivity index (χ1) is 11.2. The number of carbonyl (C=O) groups is 2. The third kappa shape index (κ3) is 6.13. The van der Waals surface area contributed by atoms with Crippen LogP contribution in [0.1, 0.15) is 57.3 Å². The number of carbonyl (C=O) groups excluding carboxylic acids is 2. The minimum absolute atomic E-state index is 0.0865. The standard InChI is InChI=1S/C18H28ClN3O2/c1-5-18(20,6-2)11-21-17(24)14-10-13(7-8-15(14)19)22-16(23)9-12(3)4/h7-8,10,12H,5-6,9,11,20H2,1-4H3,(H,21,24)(H,22,23). The van der Waals surface area contributed by atoms with Crippen molar-refractivity contribution in [2.45, 2.75) is 52.5 Å². The van der Waals surface area contributed by atoms with Crippen molar-refractivity contribution in [3.05, 3.63) is 28.8 Å². The van der Waals surface area contributed by atoms with Crippen molar-refractivity contribution < 1.29 is 9.59 Å². The molecule has 0 spiro atoms. The van der Waals surface area contributed by atoms with Gasteiger partial charge in [-0.2, -0.15) is 0 Å². The van der Waals surface area contributed by atoms with Gasteiger partial charge in [-0.3, -0.25) is 9.59 Å². The van der Waals surface area contributed by atoms with Crippen molar-refractivity contribution in [2.24, 2.45) is 11.7 Å². The molecule has 6 heteroatoms. The second kappa shape index (κ2) is 9.04. The highest BCUT2D eigenvalue weighted by Crippen LogP contribution is 2.21. The van der Waals surface area contributed by atoms with Gasteiger partial charge in [-0.05, 0) is 37.0 Å². The highest BCUT2D eigenvalue weighted by Gasteiger charge is 2.22. The molecule has 5 nitrogen and oxygen atoms in total. The molecule has 0 heterocycles. The summed E-state index contributed by atoms with van der Waals surface area (Å²) < 4.78 is 0. The molecule has 0 saturated heterocycles. The second-order valence-electron chi connectivity index (χ2n) is 6.59. The van der Waals surface area contributed by atoms with Crippen LogP contribution in [-0.2, 0) is 4.79 Å². The van der Waals surface area contributed by atoms with Crippen molar-refractivity contribution in [1.29, 1.82) is 0 Å². The molecule has 0 atom stereocenters. The maximum absolute atomic E-state index is 12.4. The molecule has 0 bridgehead atoms. The van der Waals surface area contributed by atoms with Crippen LogP contribution in [0.4, 0.5) is 5.69 Å². The Morgan fingerprint density at radius 2 is 1.88 bits per heavy atom. The summed E-state index contributed by atoms with van der Waals surface area (Å²) in [6.45, 7) is 8.31. The fourth-order valence-electron chi connectivity index (χ4n) is 2.21. The van der Waals surface area contributed by atoms with Crippen molar-refractivity contribution in [1.82, 2.24) is 5.32 Å². The Hall–Kier alpha value is -1.59. The van der Waals surface area contributed by atoms with E-state index in [2.05, 4.69) is 10.6 Å². The van der Waals surface area contributed by atoms with E-state index in [4.69, 9.17) is 17.3 Å². The van der Waals surface area contributed by atoms with E-state index >= 15 is 0 Å². The molecule has 1 rings (SSSR count). The minimum atomic E-state index is -0.425. The van der Waals surface area contributed by atoms with Crippen LogP contribution in [0.2, 0.25) is 5.02 Å². The molecule has 1 aromatic rings. The SMILES string of the molecule is CCC(N)(CC)CNC(=O)c1cc(NC(=O)CC(C)C)ccc1Cl. The molecule has 134 valence electrons. The van der Waals surface area contributed by atoms with E-state index in [9.17, 15) is 9.59 Å². The van der Waals surface area contributed by atoms with Crippen LogP contribution in [0, 0.1) is 5.92 Å². The topological polar surface area (TPSA) is 84.2 Å². The number of anilines is 1. The van der Waals surface area contributed by atoms with Gasteiger partial charge in [0.2, 0.25) is 5.91 Å². The molecule has 0 fully saturated rings. The zero-order valence-electron chi connectivity index (χ0n) is 14.9. The molecule has 0 saturated carbocycles. The van der Waals surface area contributed by atoms with Crippen LogP contribution in [0.5, 0.6) is 0 Å². The molecular weight excluding hydrogens is 326 g/mol. The summed E-state index contributed by atoms with van der Waals surface area (Å²) in [7, 11) is 0. The number of amides is 2. The number of hydrogen-bond acceptors (Lipinski definition) is 3. The van der Waals surface area contributed by atoms with Crippen LogP contribution in [0.25, 0.3) is 0 Å². The fourth-order valence-corrected chi connectivity index (χ4v) is 2.41. The highest BCUT2D eigenvalue weighted by atomic mass is 35.5. The predicted octanol–water partition coefficient (Wildman–Crippen LogP) is 3.57. The zero-order chi connectivity index (χ0) is 18.3. The quantitative estimate of drug-likeness (QED) is 0.668. The molecule has 0 aromatic heterocycles. The van der Waals surface area contributed by atoms with Gasteiger partial charge in [0.15, 0.2) is 0 Å². The third-order valence-corrected chi connectivity index (χ3v) is 4.43. The van der Waals surface area contributed by atoms with Crippen LogP contribution in [0.3, 0.4) is 0 Å². The molecule has 0 aliphatic rings. The summed E-state index contributed by atoms with van der Waals surface area (Å²) in [5, 5.41) is 5.96. The van der Waals surface area contributed by atoms with Crippen molar-refractivity contribution in [3.63, 3.8) is 0 Å². The van der Waals surface area contributed by atoms with Gasteiger partial charge >= 0.3 is 0 Å². The molecule has 4 N–H and O–H groups in total. The van der Waals surface area contributed by atoms with Gasteiger partial charge in [-0.1, -0.05) is 39.3 Å². The molecule has 0 unspecified atom stereocenters. The average Bonchev–Trinajstić information content (AvgIpc) is 2.53. The lowest BCUT2D eigenvalue weighted by Crippen LogP contribution is -2.49. The highest BCUT2D eigenvalue weighted by molar-refractivity contribution is 6.34. The number of benzene rings is 1. The minimum Gasteiger partial charge on any atom is -0.350 e. The first kappa shape index (κ1) is 20.5. The Kier molecular flexibility index (Phi) is 7.70. The second-order valence-corrected chi connectivity index (χ2v) is 7.00. The Bertz CT molecular complexity index is 584. The van der Waals surface area contributed by atoms with E-state index in [1.807, 2.05) is 27.7 Å². The van der Waals surface area contributed by atoms with Gasteiger partial charge in [0.25, 0.3) is 5.91 Å². The Labute approximate surface area is 149 Å². The van der Waals surface area contributed by atoms with Crippen LogP contribution in [0.15, 0.2) is 18.2 Å². The van der Waals surface area contributed by atoms with Gasteiger partial charge in [-0.25, -0.2) is 0 Å². The normalized spacial score (nSPS) is 11.5. The van der Waals surface area contributed by atoms with Crippen molar-refractivity contribution in [2.75, 3.05) is 11.9 Å². The fraction of sp³-hybridized carbons (Fsp3) is 0.556. The van der Waals surface area contributed by atoms with E-state index in [1.54, 1.807) is 18.2 Å². The van der Waals surface area contributed by atoms with E-state index < -0.39 is 5.54 Å². The Morgan fingerprint density at radius 3 is 2.42 bits per heavy atom. The first-order valence-corrected chi connectivity index (χ1v) is 8.75.